The van der Waals surface area contributed by atoms with Crippen molar-refractivity contribution >= 4 is 0 Å². The molecule has 1 rings (SSSR count). The maximum atomic E-state index is 4.99. The van der Waals surface area contributed by atoms with E-state index in [-0.39, 0.29) is 6.29 Å². The Morgan fingerprint density at radius 1 is 1.38 bits per heavy atom. The molecule has 0 aromatic rings. The molecule has 0 unspecified atom stereocenters. The number of rotatable bonds is 2. The zero-order valence-electron chi connectivity index (χ0n) is 4.96. The Bertz CT molecular complexity index is 80.5. The van der Waals surface area contributed by atoms with E-state index in [0.717, 1.165) is 12.8 Å². The quantitative estimate of drug-likeness (QED) is 0.543. The summed E-state index contributed by atoms with van der Waals surface area (Å²) in [6, 6.07) is 0. The van der Waals surface area contributed by atoms with Crippen molar-refractivity contribution in [2.75, 3.05) is 0 Å². The highest BCUT2D eigenvalue weighted by molar-refractivity contribution is 4.70. The molecule has 0 saturated heterocycles. The van der Waals surface area contributed by atoms with Gasteiger partial charge in [-0.05, 0) is 6.42 Å². The zero-order valence-corrected chi connectivity index (χ0v) is 4.96. The molecule has 0 fully saturated rings. The summed E-state index contributed by atoms with van der Waals surface area (Å²) in [5.74, 6) is 0. The number of ether oxygens (including phenoxy) is 2. The van der Waals surface area contributed by atoms with Crippen LogP contribution in [0.2, 0.25) is 0 Å². The van der Waals surface area contributed by atoms with Crippen molar-refractivity contribution in [3.8, 4) is 0 Å². The summed E-state index contributed by atoms with van der Waals surface area (Å²) < 4.78 is 9.98. The third-order valence-corrected chi connectivity index (χ3v) is 1.04. The second-order valence-corrected chi connectivity index (χ2v) is 1.76. The van der Waals surface area contributed by atoms with Gasteiger partial charge in [0.1, 0.15) is 12.5 Å². The van der Waals surface area contributed by atoms with Crippen molar-refractivity contribution in [1.29, 1.82) is 0 Å². The topological polar surface area (TPSA) is 18.5 Å². The summed E-state index contributed by atoms with van der Waals surface area (Å²) in [7, 11) is 0. The normalized spacial score (nSPS) is 18.1. The minimum atomic E-state index is -0.000000000000000222. The van der Waals surface area contributed by atoms with E-state index in [2.05, 4.69) is 6.92 Å². The van der Waals surface area contributed by atoms with E-state index in [9.17, 15) is 0 Å². The first-order valence-corrected chi connectivity index (χ1v) is 2.89. The van der Waals surface area contributed by atoms with Crippen molar-refractivity contribution in [2.45, 2.75) is 26.1 Å². The van der Waals surface area contributed by atoms with E-state index in [1.165, 1.54) is 0 Å². The van der Waals surface area contributed by atoms with Gasteiger partial charge < -0.3 is 9.47 Å². The molecule has 1 aliphatic heterocycles. The van der Waals surface area contributed by atoms with Gasteiger partial charge in [0.25, 0.3) is 0 Å². The smallest absolute Gasteiger partial charge is 0.239 e. The van der Waals surface area contributed by atoms with Gasteiger partial charge in [0.05, 0.1) is 0 Å². The molecule has 2 heteroatoms. The molecule has 1 aliphatic rings. The summed E-state index contributed by atoms with van der Waals surface area (Å²) >= 11 is 0. The highest BCUT2D eigenvalue weighted by Gasteiger charge is 2.08. The minimum Gasteiger partial charge on any atom is -0.459 e. The van der Waals surface area contributed by atoms with E-state index >= 15 is 0 Å². The molecular formula is C6H10O2. The molecule has 0 aliphatic carbocycles. The van der Waals surface area contributed by atoms with Crippen LogP contribution in [0.3, 0.4) is 0 Å². The van der Waals surface area contributed by atoms with Gasteiger partial charge >= 0.3 is 0 Å². The first kappa shape index (κ1) is 5.48. The second kappa shape index (κ2) is 2.60. The van der Waals surface area contributed by atoms with Gasteiger partial charge in [0.15, 0.2) is 0 Å². The summed E-state index contributed by atoms with van der Waals surface area (Å²) in [5, 5.41) is 0. The van der Waals surface area contributed by atoms with Crippen LogP contribution in [0.25, 0.3) is 0 Å². The van der Waals surface area contributed by atoms with E-state index < -0.39 is 0 Å². The lowest BCUT2D eigenvalue weighted by Gasteiger charge is -2.06. The molecule has 0 radical (unpaired) electrons. The van der Waals surface area contributed by atoms with E-state index in [1.807, 2.05) is 0 Å². The Hall–Kier alpha value is -0.660. The van der Waals surface area contributed by atoms with Crippen LogP contribution in [-0.2, 0) is 9.47 Å². The van der Waals surface area contributed by atoms with Gasteiger partial charge in [-0.15, -0.1) is 0 Å². The van der Waals surface area contributed by atoms with Crippen molar-refractivity contribution in [3.05, 3.63) is 12.5 Å². The zero-order chi connectivity index (χ0) is 5.82. The SMILES string of the molecule is CCCC1OC=CO1. The van der Waals surface area contributed by atoms with Crippen LogP contribution in [0, 0.1) is 0 Å². The van der Waals surface area contributed by atoms with Gasteiger partial charge in [-0.3, -0.25) is 0 Å². The molecule has 0 bridgehead atoms. The summed E-state index contributed by atoms with van der Waals surface area (Å²) in [6.45, 7) is 2.10. The van der Waals surface area contributed by atoms with Crippen molar-refractivity contribution < 1.29 is 9.47 Å². The number of hydrogen-bond donors (Lipinski definition) is 0. The first-order chi connectivity index (χ1) is 3.93. The molecule has 0 spiro atoms. The highest BCUT2D eigenvalue weighted by Crippen LogP contribution is 2.09. The lowest BCUT2D eigenvalue weighted by atomic mass is 10.3. The van der Waals surface area contributed by atoms with Crippen LogP contribution >= 0.6 is 0 Å². The molecule has 0 saturated carbocycles. The summed E-state index contributed by atoms with van der Waals surface area (Å²) in [6.07, 6.45) is 5.25. The van der Waals surface area contributed by atoms with Crippen LogP contribution in [0.1, 0.15) is 19.8 Å². The Morgan fingerprint density at radius 2 is 2.00 bits per heavy atom. The second-order valence-electron chi connectivity index (χ2n) is 1.76. The van der Waals surface area contributed by atoms with Crippen molar-refractivity contribution in [2.24, 2.45) is 0 Å². The fraction of sp³-hybridized carbons (Fsp3) is 0.667. The molecule has 0 N–H and O–H groups in total. The maximum absolute atomic E-state index is 4.99. The average molecular weight is 114 g/mol. The van der Waals surface area contributed by atoms with E-state index in [0.29, 0.717) is 0 Å². The molecule has 0 amide bonds. The lowest BCUT2D eigenvalue weighted by molar-refractivity contribution is -0.0282. The fourth-order valence-electron chi connectivity index (χ4n) is 0.643. The minimum absolute atomic E-state index is 0.000000000000000222. The molecule has 0 aromatic heterocycles. The lowest BCUT2D eigenvalue weighted by Crippen LogP contribution is -2.05. The van der Waals surface area contributed by atoms with E-state index in [4.69, 9.17) is 9.47 Å². The van der Waals surface area contributed by atoms with Crippen LogP contribution in [0.4, 0.5) is 0 Å². The largest absolute Gasteiger partial charge is 0.459 e. The Balaban J connectivity index is 2.10. The molecule has 8 heavy (non-hydrogen) atoms. The molecule has 0 atom stereocenters. The van der Waals surface area contributed by atoms with Gasteiger partial charge in [-0.1, -0.05) is 6.92 Å². The van der Waals surface area contributed by atoms with Crippen LogP contribution in [0.15, 0.2) is 12.5 Å². The van der Waals surface area contributed by atoms with Crippen molar-refractivity contribution in [3.63, 3.8) is 0 Å². The summed E-state index contributed by atoms with van der Waals surface area (Å²) in [5.41, 5.74) is 0. The average Bonchev–Trinajstić information content (AvgIpc) is 2.19. The third kappa shape index (κ3) is 1.15. The third-order valence-electron chi connectivity index (χ3n) is 1.04. The molecule has 0 aromatic carbocycles. The highest BCUT2D eigenvalue weighted by atomic mass is 16.7. The van der Waals surface area contributed by atoms with E-state index in [1.54, 1.807) is 12.5 Å². The standard InChI is InChI=1S/C6H10O2/c1-2-3-6-7-4-5-8-6/h4-6H,2-3H2,1H3. The van der Waals surface area contributed by atoms with Gasteiger partial charge in [-0.2, -0.15) is 0 Å². The summed E-state index contributed by atoms with van der Waals surface area (Å²) in [4.78, 5) is 0. The Kier molecular flexibility index (Phi) is 1.78. The predicted molar refractivity (Wildman–Crippen MR) is 30.0 cm³/mol. The molecule has 46 valence electrons. The van der Waals surface area contributed by atoms with Gasteiger partial charge in [-0.25, -0.2) is 0 Å². The van der Waals surface area contributed by atoms with Crippen LogP contribution in [-0.4, -0.2) is 6.29 Å². The number of hydrogen-bond acceptors (Lipinski definition) is 2. The maximum Gasteiger partial charge on any atom is 0.239 e. The Morgan fingerprint density at radius 3 is 2.50 bits per heavy atom. The molecule has 1 heterocycles. The predicted octanol–water partition coefficient (Wildman–Crippen LogP) is 1.63. The molecule has 2 nitrogen and oxygen atoms in total. The molecular weight excluding hydrogens is 104 g/mol. The fourth-order valence-corrected chi connectivity index (χ4v) is 0.643. The van der Waals surface area contributed by atoms with Gasteiger partial charge in [0, 0.05) is 6.42 Å². The monoisotopic (exact) mass is 114 g/mol. The van der Waals surface area contributed by atoms with Crippen LogP contribution in [0.5, 0.6) is 0 Å². The van der Waals surface area contributed by atoms with Crippen molar-refractivity contribution in [1.82, 2.24) is 0 Å². The Labute approximate surface area is 49.1 Å². The van der Waals surface area contributed by atoms with Crippen LogP contribution < -0.4 is 0 Å². The van der Waals surface area contributed by atoms with Gasteiger partial charge in [0.2, 0.25) is 6.29 Å². The first-order valence-electron chi connectivity index (χ1n) is 2.89.